The monoisotopic (exact) mass is 490 g/mol. The van der Waals surface area contributed by atoms with Gasteiger partial charge in [0.1, 0.15) is 5.54 Å². The van der Waals surface area contributed by atoms with Gasteiger partial charge in [-0.1, -0.05) is 29.8 Å². The minimum atomic E-state index is -0.983. The minimum absolute atomic E-state index is 0.00128. The van der Waals surface area contributed by atoms with Crippen LogP contribution in [0.3, 0.4) is 0 Å². The van der Waals surface area contributed by atoms with Crippen LogP contribution in [0.1, 0.15) is 71.8 Å². The molecular formula is C27H39ClN2O4. The lowest BCUT2D eigenvalue weighted by Crippen LogP contribution is -2.65. The first-order chi connectivity index (χ1) is 16.0. The van der Waals surface area contributed by atoms with Gasteiger partial charge in [-0.3, -0.25) is 9.59 Å². The largest absolute Gasteiger partial charge is 0.349 e. The summed E-state index contributed by atoms with van der Waals surface area (Å²) in [5.74, 6) is -0.969. The van der Waals surface area contributed by atoms with Crippen molar-refractivity contribution in [3.8, 4) is 0 Å². The second kappa shape index (κ2) is 10.8. The summed E-state index contributed by atoms with van der Waals surface area (Å²) in [5.41, 5.74) is -0.414. The summed E-state index contributed by atoms with van der Waals surface area (Å²) in [5, 5.41) is 6.88. The molecule has 7 heteroatoms. The quantitative estimate of drug-likeness (QED) is 0.497. The zero-order valence-corrected chi connectivity index (χ0v) is 21.7. The molecule has 0 radical (unpaired) electrons. The van der Waals surface area contributed by atoms with E-state index in [-0.39, 0.29) is 23.7 Å². The summed E-state index contributed by atoms with van der Waals surface area (Å²) in [6, 6.07) is 7.68. The number of amides is 2. The molecule has 34 heavy (non-hydrogen) atoms. The van der Waals surface area contributed by atoms with Gasteiger partial charge in [-0.2, -0.15) is 0 Å². The van der Waals surface area contributed by atoms with Crippen LogP contribution >= 0.6 is 11.6 Å². The van der Waals surface area contributed by atoms with Gasteiger partial charge in [0.05, 0.1) is 13.2 Å². The Morgan fingerprint density at radius 2 is 1.68 bits per heavy atom. The van der Waals surface area contributed by atoms with Gasteiger partial charge in [0.2, 0.25) is 11.8 Å². The Hall–Kier alpha value is -1.89. The number of rotatable bonds is 8. The van der Waals surface area contributed by atoms with Crippen molar-refractivity contribution in [3.63, 3.8) is 0 Å². The fraction of sp³-hybridized carbons (Fsp3) is 0.630. The molecule has 3 rings (SSSR count). The van der Waals surface area contributed by atoms with Crippen LogP contribution in [0.4, 0.5) is 0 Å². The smallest absolute Gasteiger partial charge is 0.246 e. The Morgan fingerprint density at radius 1 is 1.09 bits per heavy atom. The van der Waals surface area contributed by atoms with Gasteiger partial charge in [-0.25, -0.2) is 0 Å². The number of carbonyl (C=O) groups is 2. The van der Waals surface area contributed by atoms with Gasteiger partial charge in [0.25, 0.3) is 0 Å². The van der Waals surface area contributed by atoms with E-state index in [2.05, 4.69) is 17.2 Å². The number of nitrogens with one attached hydrogen (secondary N) is 2. The molecule has 1 unspecified atom stereocenters. The summed E-state index contributed by atoms with van der Waals surface area (Å²) in [7, 11) is 0. The third-order valence-corrected chi connectivity index (χ3v) is 7.21. The molecule has 1 atom stereocenters. The predicted molar refractivity (Wildman–Crippen MR) is 134 cm³/mol. The van der Waals surface area contributed by atoms with Crippen LogP contribution in [0.25, 0.3) is 0 Å². The molecule has 0 spiro atoms. The molecule has 2 amide bonds. The van der Waals surface area contributed by atoms with E-state index in [0.717, 1.165) is 31.2 Å². The maximum absolute atomic E-state index is 13.7. The van der Waals surface area contributed by atoms with E-state index in [1.54, 1.807) is 0 Å². The minimum Gasteiger partial charge on any atom is -0.349 e. The van der Waals surface area contributed by atoms with Gasteiger partial charge in [-0.05, 0) is 77.3 Å². The van der Waals surface area contributed by atoms with Crippen molar-refractivity contribution in [2.24, 2.45) is 11.8 Å². The van der Waals surface area contributed by atoms with Crippen molar-refractivity contribution >= 4 is 23.4 Å². The summed E-state index contributed by atoms with van der Waals surface area (Å²) in [6.45, 7) is 12.3. The number of halogens is 1. The summed E-state index contributed by atoms with van der Waals surface area (Å²) >= 11 is 6.12. The van der Waals surface area contributed by atoms with E-state index < -0.39 is 16.9 Å². The van der Waals surface area contributed by atoms with Gasteiger partial charge in [0, 0.05) is 29.0 Å². The Kier molecular flexibility index (Phi) is 8.48. The van der Waals surface area contributed by atoms with E-state index in [1.807, 2.05) is 51.1 Å². The Morgan fingerprint density at radius 3 is 2.18 bits per heavy atom. The molecule has 188 valence electrons. The van der Waals surface area contributed by atoms with Crippen LogP contribution in [0, 0.1) is 11.8 Å². The third kappa shape index (κ3) is 5.84. The fourth-order valence-corrected chi connectivity index (χ4v) is 5.66. The lowest BCUT2D eigenvalue weighted by Gasteiger charge is -2.46. The van der Waals surface area contributed by atoms with Crippen molar-refractivity contribution in [3.05, 3.63) is 47.5 Å². The number of allylic oxidation sites excluding steroid dienone is 1. The first-order valence-corrected chi connectivity index (χ1v) is 12.7. The molecule has 1 aromatic carbocycles. The lowest BCUT2D eigenvalue weighted by molar-refractivity contribution is -0.214. The molecule has 1 saturated carbocycles. The molecule has 6 nitrogen and oxygen atoms in total. The SMILES string of the molecule is C=CCCC(NC(C)=O)(C(=O)NC(C)(C)C)C1CCC(C2(c3ccc(Cl)cc3)OCCO2)CC1. The fourth-order valence-electron chi connectivity index (χ4n) is 5.54. The Labute approximate surface area is 208 Å². The van der Waals surface area contributed by atoms with E-state index in [1.165, 1.54) is 6.92 Å². The van der Waals surface area contributed by atoms with Crippen LogP contribution in [-0.2, 0) is 24.8 Å². The normalized spacial score (nSPS) is 24.1. The first-order valence-electron chi connectivity index (χ1n) is 12.3. The zero-order valence-electron chi connectivity index (χ0n) is 20.9. The Bertz CT molecular complexity index is 866. The highest BCUT2D eigenvalue weighted by atomic mass is 35.5. The van der Waals surface area contributed by atoms with Crippen molar-refractivity contribution in [1.82, 2.24) is 10.6 Å². The first kappa shape index (κ1) is 26.7. The molecular weight excluding hydrogens is 452 g/mol. The molecule has 1 heterocycles. The van der Waals surface area contributed by atoms with E-state index in [0.29, 0.717) is 31.1 Å². The lowest BCUT2D eigenvalue weighted by atomic mass is 9.67. The summed E-state index contributed by atoms with van der Waals surface area (Å²) < 4.78 is 12.5. The van der Waals surface area contributed by atoms with Crippen molar-refractivity contribution in [2.45, 2.75) is 83.1 Å². The Balaban J connectivity index is 1.86. The van der Waals surface area contributed by atoms with E-state index in [9.17, 15) is 9.59 Å². The standard InChI is InChI=1S/C27H39ClN2O4/c1-6-7-16-26(29-19(2)31,24(32)30-25(3,4)5)20-8-10-21(11-9-20)27(33-17-18-34-27)22-12-14-23(28)15-13-22/h6,12-15,20-21H,1,7-11,16-18H2,2-5H3,(H,29,31)(H,30,32). The van der Waals surface area contributed by atoms with Crippen LogP contribution in [0.5, 0.6) is 0 Å². The highest BCUT2D eigenvalue weighted by Gasteiger charge is 2.52. The number of ether oxygens (including phenoxy) is 2. The highest BCUT2D eigenvalue weighted by molar-refractivity contribution is 6.30. The van der Waals surface area contributed by atoms with E-state index in [4.69, 9.17) is 21.1 Å². The molecule has 0 bridgehead atoms. The van der Waals surface area contributed by atoms with E-state index >= 15 is 0 Å². The van der Waals surface area contributed by atoms with Crippen LogP contribution in [0.2, 0.25) is 5.02 Å². The van der Waals surface area contributed by atoms with Gasteiger partial charge >= 0.3 is 0 Å². The molecule has 2 fully saturated rings. The second-order valence-corrected chi connectivity index (χ2v) is 11.0. The summed E-state index contributed by atoms with van der Waals surface area (Å²) in [6.07, 6.45) is 6.17. The number of benzene rings is 1. The number of carbonyl (C=O) groups excluding carboxylic acids is 2. The van der Waals surface area contributed by atoms with Crippen LogP contribution in [0.15, 0.2) is 36.9 Å². The van der Waals surface area contributed by atoms with Crippen LogP contribution in [-0.4, -0.2) is 36.1 Å². The highest BCUT2D eigenvalue weighted by Crippen LogP contribution is 2.49. The van der Waals surface area contributed by atoms with Crippen molar-refractivity contribution < 1.29 is 19.1 Å². The van der Waals surface area contributed by atoms with Gasteiger partial charge in [-0.15, -0.1) is 6.58 Å². The second-order valence-electron chi connectivity index (χ2n) is 10.6. The van der Waals surface area contributed by atoms with Crippen molar-refractivity contribution in [1.29, 1.82) is 0 Å². The average molecular weight is 491 g/mol. The summed E-state index contributed by atoms with van der Waals surface area (Å²) in [4.78, 5) is 26.0. The van der Waals surface area contributed by atoms with Crippen molar-refractivity contribution in [2.75, 3.05) is 13.2 Å². The van der Waals surface area contributed by atoms with Crippen LogP contribution < -0.4 is 10.6 Å². The maximum Gasteiger partial charge on any atom is 0.246 e. The van der Waals surface area contributed by atoms with Gasteiger partial charge < -0.3 is 20.1 Å². The molecule has 1 aliphatic carbocycles. The molecule has 1 saturated heterocycles. The topological polar surface area (TPSA) is 76.7 Å². The zero-order chi connectivity index (χ0) is 25.0. The molecule has 0 aromatic heterocycles. The molecule has 1 aromatic rings. The van der Waals surface area contributed by atoms with Gasteiger partial charge in [0.15, 0.2) is 5.79 Å². The average Bonchev–Trinajstić information content (AvgIpc) is 3.27. The predicted octanol–water partition coefficient (Wildman–Crippen LogP) is 5.10. The number of hydrogen-bond acceptors (Lipinski definition) is 4. The third-order valence-electron chi connectivity index (χ3n) is 6.96. The number of hydrogen-bond donors (Lipinski definition) is 2. The maximum atomic E-state index is 13.7. The molecule has 1 aliphatic heterocycles. The molecule has 2 N–H and O–H groups in total. The molecule has 2 aliphatic rings.